The van der Waals surface area contributed by atoms with Gasteiger partial charge in [-0.25, -0.2) is 8.42 Å². The van der Waals surface area contributed by atoms with Crippen LogP contribution in [0.5, 0.6) is 0 Å². The summed E-state index contributed by atoms with van der Waals surface area (Å²) >= 11 is 0. The molecule has 94 valence electrons. The Labute approximate surface area is 101 Å². The lowest BCUT2D eigenvalue weighted by Crippen LogP contribution is -2.32. The third-order valence-corrected chi connectivity index (χ3v) is 4.50. The predicted molar refractivity (Wildman–Crippen MR) is 64.5 cm³/mol. The highest BCUT2D eigenvalue weighted by atomic mass is 32.2. The van der Waals surface area contributed by atoms with Gasteiger partial charge in [0.25, 0.3) is 0 Å². The van der Waals surface area contributed by atoms with Gasteiger partial charge < -0.3 is 5.73 Å². The second kappa shape index (κ2) is 5.31. The van der Waals surface area contributed by atoms with Crippen molar-refractivity contribution in [3.63, 3.8) is 0 Å². The largest absolute Gasteiger partial charge is 0.325 e. The Kier molecular flexibility index (Phi) is 4.28. The number of aromatic amines is 1. The number of nitrogens with two attached hydrogens (primary N) is 1. The molecule has 0 amide bonds. The van der Waals surface area contributed by atoms with E-state index in [1.807, 2.05) is 0 Å². The van der Waals surface area contributed by atoms with Crippen LogP contribution in [0.2, 0.25) is 0 Å². The highest BCUT2D eigenvalue weighted by Crippen LogP contribution is 2.21. The third kappa shape index (κ3) is 2.49. The molecule has 1 aromatic rings. The third-order valence-electron chi connectivity index (χ3n) is 2.37. The maximum absolute atomic E-state index is 12.3. The van der Waals surface area contributed by atoms with E-state index in [1.54, 1.807) is 13.8 Å². The molecule has 0 bridgehead atoms. The molecule has 1 heterocycles. The number of aryl methyl sites for hydroxylation is 1. The molecule has 0 aromatic carbocycles. The minimum atomic E-state index is -3.63. The van der Waals surface area contributed by atoms with Gasteiger partial charge in [-0.05, 0) is 6.92 Å². The normalized spacial score (nSPS) is 11.7. The fraction of sp³-hybridized carbons (Fsp3) is 0.500. The fourth-order valence-electron chi connectivity index (χ4n) is 1.55. The van der Waals surface area contributed by atoms with Crippen molar-refractivity contribution in [1.82, 2.24) is 14.5 Å². The van der Waals surface area contributed by atoms with Crippen molar-refractivity contribution < 1.29 is 8.42 Å². The van der Waals surface area contributed by atoms with Crippen molar-refractivity contribution in [1.29, 1.82) is 0 Å². The predicted octanol–water partition coefficient (Wildman–Crippen LogP) is -0.179. The Bertz CT molecular complexity index is 527. The number of H-pyrrole nitrogens is 1. The molecule has 3 N–H and O–H groups in total. The number of nitrogens with one attached hydrogen (secondary N) is 1. The summed E-state index contributed by atoms with van der Waals surface area (Å²) in [5.41, 5.74) is 6.27. The zero-order valence-electron chi connectivity index (χ0n) is 9.90. The lowest BCUT2D eigenvalue weighted by Gasteiger charge is -2.18. The van der Waals surface area contributed by atoms with Crippen molar-refractivity contribution >= 4 is 10.0 Å². The van der Waals surface area contributed by atoms with Gasteiger partial charge >= 0.3 is 0 Å². The second-order valence-electron chi connectivity index (χ2n) is 3.46. The van der Waals surface area contributed by atoms with Crippen LogP contribution in [-0.4, -0.2) is 36.0 Å². The molecule has 1 aromatic heterocycles. The molecule has 0 aliphatic rings. The topological polar surface area (TPSA) is 92.1 Å². The number of hydrogen-bond donors (Lipinski definition) is 2. The van der Waals surface area contributed by atoms with Crippen LogP contribution in [0, 0.1) is 19.3 Å². The molecule has 0 saturated carbocycles. The van der Waals surface area contributed by atoms with Crippen LogP contribution in [0.25, 0.3) is 0 Å². The lowest BCUT2D eigenvalue weighted by atomic mass is 10.4. The van der Waals surface area contributed by atoms with Gasteiger partial charge in [-0.15, -0.1) is 6.42 Å². The number of aromatic nitrogens is 2. The summed E-state index contributed by atoms with van der Waals surface area (Å²) in [5.74, 6) is 2.33. The maximum atomic E-state index is 12.3. The smallest absolute Gasteiger partial charge is 0.247 e. The Hall–Kier alpha value is -1.36. The summed E-state index contributed by atoms with van der Waals surface area (Å²) in [4.78, 5) is 0.136. The van der Waals surface area contributed by atoms with Gasteiger partial charge in [-0.3, -0.25) is 5.10 Å². The van der Waals surface area contributed by atoms with Gasteiger partial charge in [-0.2, -0.15) is 9.40 Å². The molecule has 0 atom stereocenters. The number of terminal acetylenes is 1. The van der Waals surface area contributed by atoms with Crippen LogP contribution in [0.3, 0.4) is 0 Å². The highest BCUT2D eigenvalue weighted by molar-refractivity contribution is 7.89. The van der Waals surface area contributed by atoms with E-state index in [0.29, 0.717) is 17.9 Å². The first kappa shape index (κ1) is 13.7. The zero-order valence-corrected chi connectivity index (χ0v) is 10.7. The van der Waals surface area contributed by atoms with Crippen molar-refractivity contribution in [3.05, 3.63) is 11.4 Å². The molecule has 0 unspecified atom stereocenters. The summed E-state index contributed by atoms with van der Waals surface area (Å²) < 4.78 is 25.9. The molecule has 17 heavy (non-hydrogen) atoms. The monoisotopic (exact) mass is 256 g/mol. The average molecular weight is 256 g/mol. The molecule has 1 rings (SSSR count). The molecular weight excluding hydrogens is 240 g/mol. The van der Waals surface area contributed by atoms with E-state index in [0.717, 1.165) is 0 Å². The van der Waals surface area contributed by atoms with E-state index in [4.69, 9.17) is 12.2 Å². The SMILES string of the molecule is C#CCN(CC)S(=O)(=O)c1c(CN)n[nH]c1C. The summed E-state index contributed by atoms with van der Waals surface area (Å²) in [6.07, 6.45) is 5.16. The molecule has 0 saturated heterocycles. The standard InChI is InChI=1S/C10H16N4O2S/c1-4-6-14(5-2)17(15,16)10-8(3)12-13-9(10)7-11/h1H,5-7,11H2,2-3H3,(H,12,13). The molecule has 0 aliphatic carbocycles. The summed E-state index contributed by atoms with van der Waals surface area (Å²) in [7, 11) is -3.63. The zero-order chi connectivity index (χ0) is 13.1. The van der Waals surface area contributed by atoms with Crippen molar-refractivity contribution in [2.24, 2.45) is 5.73 Å². The van der Waals surface area contributed by atoms with Crippen LogP contribution >= 0.6 is 0 Å². The van der Waals surface area contributed by atoms with Crippen molar-refractivity contribution in [2.75, 3.05) is 13.1 Å². The Morgan fingerprint density at radius 1 is 1.59 bits per heavy atom. The molecular formula is C10H16N4O2S. The van der Waals surface area contributed by atoms with Crippen LogP contribution in [-0.2, 0) is 16.6 Å². The summed E-state index contributed by atoms with van der Waals surface area (Å²) in [5, 5.41) is 6.50. The first-order valence-electron chi connectivity index (χ1n) is 5.16. The summed E-state index contributed by atoms with van der Waals surface area (Å²) in [6, 6.07) is 0. The molecule has 0 fully saturated rings. The van der Waals surface area contributed by atoms with Gasteiger partial charge in [0.1, 0.15) is 4.90 Å². The number of rotatable bonds is 5. The summed E-state index contributed by atoms with van der Waals surface area (Å²) in [6.45, 7) is 3.77. The first-order valence-corrected chi connectivity index (χ1v) is 6.60. The second-order valence-corrected chi connectivity index (χ2v) is 5.34. The lowest BCUT2D eigenvalue weighted by molar-refractivity contribution is 0.463. The number of nitrogens with zero attached hydrogens (tertiary/aromatic N) is 2. The quantitative estimate of drug-likeness (QED) is 0.715. The first-order chi connectivity index (χ1) is 7.98. The van der Waals surface area contributed by atoms with E-state index in [2.05, 4.69) is 16.1 Å². The number of hydrogen-bond acceptors (Lipinski definition) is 4. The Morgan fingerprint density at radius 3 is 2.71 bits per heavy atom. The Morgan fingerprint density at radius 2 is 2.24 bits per heavy atom. The van der Waals surface area contributed by atoms with E-state index in [9.17, 15) is 8.42 Å². The van der Waals surface area contributed by atoms with Crippen LogP contribution in [0.15, 0.2) is 4.90 Å². The minimum absolute atomic E-state index is 0.0352. The average Bonchev–Trinajstić information content (AvgIpc) is 2.67. The van der Waals surface area contributed by atoms with Crippen molar-refractivity contribution in [2.45, 2.75) is 25.3 Å². The molecule has 0 aliphatic heterocycles. The van der Waals surface area contributed by atoms with Gasteiger partial charge in [0.15, 0.2) is 0 Å². The van der Waals surface area contributed by atoms with Crippen LogP contribution in [0.1, 0.15) is 18.3 Å². The molecule has 7 heteroatoms. The van der Waals surface area contributed by atoms with E-state index < -0.39 is 10.0 Å². The van der Waals surface area contributed by atoms with E-state index in [-0.39, 0.29) is 18.0 Å². The van der Waals surface area contributed by atoms with Gasteiger partial charge in [0.2, 0.25) is 10.0 Å². The molecule has 0 radical (unpaired) electrons. The molecule has 6 nitrogen and oxygen atoms in total. The van der Waals surface area contributed by atoms with Gasteiger partial charge in [0.05, 0.1) is 17.9 Å². The van der Waals surface area contributed by atoms with E-state index >= 15 is 0 Å². The Balaban J connectivity index is 3.30. The fourth-order valence-corrected chi connectivity index (χ4v) is 3.25. The minimum Gasteiger partial charge on any atom is -0.325 e. The maximum Gasteiger partial charge on any atom is 0.247 e. The van der Waals surface area contributed by atoms with Crippen LogP contribution < -0.4 is 5.73 Å². The highest BCUT2D eigenvalue weighted by Gasteiger charge is 2.28. The van der Waals surface area contributed by atoms with Gasteiger partial charge in [-0.1, -0.05) is 12.8 Å². The van der Waals surface area contributed by atoms with Crippen molar-refractivity contribution in [3.8, 4) is 12.3 Å². The molecule has 0 spiro atoms. The number of sulfonamides is 1. The van der Waals surface area contributed by atoms with Gasteiger partial charge in [0, 0.05) is 13.1 Å². The van der Waals surface area contributed by atoms with E-state index in [1.165, 1.54) is 4.31 Å². The van der Waals surface area contributed by atoms with Crippen LogP contribution in [0.4, 0.5) is 0 Å².